The summed E-state index contributed by atoms with van der Waals surface area (Å²) in [4.78, 5) is 23.1. The van der Waals surface area contributed by atoms with Crippen LogP contribution in [0.25, 0.3) is 0 Å². The first kappa shape index (κ1) is 15.2. The fourth-order valence-electron chi connectivity index (χ4n) is 1.72. The van der Waals surface area contributed by atoms with Crippen LogP contribution in [0, 0.1) is 0 Å². The van der Waals surface area contributed by atoms with Gasteiger partial charge in [-0.3, -0.25) is 9.59 Å². The minimum absolute atomic E-state index is 0.179. The number of hydrogen-bond acceptors (Lipinski definition) is 4. The molecule has 0 fully saturated rings. The number of esters is 1. The number of nitrogens with one attached hydrogen (secondary N) is 1. The number of nitrogens with two attached hydrogens (primary N) is 1. The molecule has 0 aromatic heterocycles. The van der Waals surface area contributed by atoms with E-state index in [1.807, 2.05) is 12.1 Å². The highest BCUT2D eigenvalue weighted by Crippen LogP contribution is 2.08. The van der Waals surface area contributed by atoms with Gasteiger partial charge in [0.15, 0.2) is 0 Å². The molecule has 0 aliphatic heterocycles. The minimum Gasteiger partial charge on any atom is -0.466 e. The van der Waals surface area contributed by atoms with E-state index in [0.29, 0.717) is 25.1 Å². The zero-order chi connectivity index (χ0) is 14.1. The van der Waals surface area contributed by atoms with Gasteiger partial charge in [-0.05, 0) is 31.5 Å². The number of benzene rings is 1. The molecule has 104 valence electrons. The Hall–Kier alpha value is -1.88. The molecule has 0 atom stereocenters. The first-order valence-electron chi connectivity index (χ1n) is 6.40. The normalized spacial score (nSPS) is 10.0. The second-order valence-electron chi connectivity index (χ2n) is 4.01. The summed E-state index contributed by atoms with van der Waals surface area (Å²) < 4.78 is 4.78. The van der Waals surface area contributed by atoms with Gasteiger partial charge in [0.25, 0.3) is 5.91 Å². The summed E-state index contributed by atoms with van der Waals surface area (Å²) >= 11 is 0. The van der Waals surface area contributed by atoms with Crippen LogP contribution in [0.15, 0.2) is 24.3 Å². The maximum atomic E-state index is 12.0. The quantitative estimate of drug-likeness (QED) is 0.716. The molecule has 1 aromatic rings. The topological polar surface area (TPSA) is 81.4 Å². The molecule has 0 saturated carbocycles. The van der Waals surface area contributed by atoms with Gasteiger partial charge in [0.2, 0.25) is 0 Å². The van der Waals surface area contributed by atoms with Gasteiger partial charge >= 0.3 is 5.97 Å². The lowest BCUT2D eigenvalue weighted by Gasteiger charge is -2.09. The molecule has 0 unspecified atom stereocenters. The van der Waals surface area contributed by atoms with Crippen LogP contribution in [0.3, 0.4) is 0 Å². The summed E-state index contributed by atoms with van der Waals surface area (Å²) in [5, 5.41) is 2.71. The lowest BCUT2D eigenvalue weighted by Crippen LogP contribution is -2.27. The number of carbonyl (C=O) groups excluding carboxylic acids is 2. The van der Waals surface area contributed by atoms with Crippen LogP contribution in [0.2, 0.25) is 0 Å². The monoisotopic (exact) mass is 264 g/mol. The Labute approximate surface area is 113 Å². The molecule has 1 aromatic carbocycles. The molecule has 0 heterocycles. The van der Waals surface area contributed by atoms with E-state index in [1.54, 1.807) is 19.1 Å². The van der Waals surface area contributed by atoms with Gasteiger partial charge in [-0.1, -0.05) is 18.2 Å². The highest BCUT2D eigenvalue weighted by molar-refractivity contribution is 5.95. The predicted octanol–water partition coefficient (Wildman–Crippen LogP) is 0.871. The Bertz CT molecular complexity index is 432. The van der Waals surface area contributed by atoms with Crippen molar-refractivity contribution in [1.82, 2.24) is 5.32 Å². The second kappa shape index (κ2) is 8.26. The van der Waals surface area contributed by atoms with Crippen molar-refractivity contribution in [3.63, 3.8) is 0 Å². The molecule has 0 aliphatic carbocycles. The molecule has 0 radical (unpaired) electrons. The van der Waals surface area contributed by atoms with Crippen molar-refractivity contribution in [3.05, 3.63) is 35.4 Å². The average Bonchev–Trinajstić information content (AvgIpc) is 2.40. The maximum Gasteiger partial charge on any atom is 0.307 e. The molecule has 0 saturated heterocycles. The van der Waals surface area contributed by atoms with Crippen LogP contribution in [-0.4, -0.2) is 31.6 Å². The van der Waals surface area contributed by atoms with E-state index in [9.17, 15) is 9.59 Å². The third kappa shape index (κ3) is 5.09. The molecule has 3 N–H and O–H groups in total. The van der Waals surface area contributed by atoms with Crippen molar-refractivity contribution in [1.29, 1.82) is 0 Å². The predicted molar refractivity (Wildman–Crippen MR) is 72.8 cm³/mol. The van der Waals surface area contributed by atoms with E-state index in [1.165, 1.54) is 0 Å². The van der Waals surface area contributed by atoms with Crippen LogP contribution >= 0.6 is 0 Å². The summed E-state index contributed by atoms with van der Waals surface area (Å²) in [7, 11) is 0. The zero-order valence-corrected chi connectivity index (χ0v) is 11.1. The van der Waals surface area contributed by atoms with Gasteiger partial charge in [-0.25, -0.2) is 0 Å². The maximum absolute atomic E-state index is 12.0. The van der Waals surface area contributed by atoms with Gasteiger partial charge in [-0.2, -0.15) is 0 Å². The average molecular weight is 264 g/mol. The second-order valence-corrected chi connectivity index (χ2v) is 4.01. The van der Waals surface area contributed by atoms with E-state index in [0.717, 1.165) is 5.56 Å². The Balaban J connectivity index is 2.51. The SMILES string of the molecule is CCOC(=O)CCNC(=O)c1ccccc1CCN. The molecule has 5 heteroatoms. The number of ether oxygens (including phenoxy) is 1. The minimum atomic E-state index is -0.307. The highest BCUT2D eigenvalue weighted by atomic mass is 16.5. The molecule has 1 rings (SSSR count). The number of carbonyl (C=O) groups is 2. The number of hydrogen-bond donors (Lipinski definition) is 2. The molecule has 0 bridgehead atoms. The molecule has 0 aliphatic rings. The van der Waals surface area contributed by atoms with Gasteiger partial charge in [-0.15, -0.1) is 0 Å². The van der Waals surface area contributed by atoms with Crippen molar-refractivity contribution in [2.24, 2.45) is 5.73 Å². The van der Waals surface area contributed by atoms with E-state index in [2.05, 4.69) is 5.32 Å². The summed E-state index contributed by atoms with van der Waals surface area (Å²) in [5.74, 6) is -0.494. The summed E-state index contributed by atoms with van der Waals surface area (Å²) in [6.07, 6.45) is 0.833. The number of rotatable bonds is 7. The van der Waals surface area contributed by atoms with Crippen molar-refractivity contribution in [2.45, 2.75) is 19.8 Å². The Morgan fingerprint density at radius 3 is 2.74 bits per heavy atom. The van der Waals surface area contributed by atoms with Crippen LogP contribution in [0.1, 0.15) is 29.3 Å². The summed E-state index contributed by atoms with van der Waals surface area (Å²) in [5.41, 5.74) is 7.03. The zero-order valence-electron chi connectivity index (χ0n) is 11.1. The molecule has 1 amide bonds. The van der Waals surface area contributed by atoms with Crippen LogP contribution in [0.4, 0.5) is 0 Å². The fourth-order valence-corrected chi connectivity index (χ4v) is 1.72. The fraction of sp³-hybridized carbons (Fsp3) is 0.429. The molecule has 0 spiro atoms. The van der Waals surface area contributed by atoms with E-state index < -0.39 is 0 Å². The van der Waals surface area contributed by atoms with Gasteiger partial charge < -0.3 is 15.8 Å². The standard InChI is InChI=1S/C14H20N2O3/c1-2-19-13(17)8-10-16-14(18)12-6-4-3-5-11(12)7-9-15/h3-6H,2,7-10,15H2,1H3,(H,16,18). The van der Waals surface area contributed by atoms with Crippen molar-refractivity contribution in [2.75, 3.05) is 19.7 Å². The molecule has 19 heavy (non-hydrogen) atoms. The lowest BCUT2D eigenvalue weighted by molar-refractivity contribution is -0.142. The highest BCUT2D eigenvalue weighted by Gasteiger charge is 2.10. The van der Waals surface area contributed by atoms with Crippen molar-refractivity contribution < 1.29 is 14.3 Å². The third-order valence-electron chi connectivity index (χ3n) is 2.60. The number of amides is 1. The van der Waals surface area contributed by atoms with Crippen molar-refractivity contribution >= 4 is 11.9 Å². The first-order valence-corrected chi connectivity index (χ1v) is 6.40. The lowest BCUT2D eigenvalue weighted by atomic mass is 10.0. The summed E-state index contributed by atoms with van der Waals surface area (Å²) in [6.45, 7) is 2.87. The Morgan fingerprint density at radius 2 is 2.05 bits per heavy atom. The molecule has 5 nitrogen and oxygen atoms in total. The smallest absolute Gasteiger partial charge is 0.307 e. The Kier molecular flexibility index (Phi) is 6.60. The van der Waals surface area contributed by atoms with E-state index in [4.69, 9.17) is 10.5 Å². The van der Waals surface area contributed by atoms with E-state index in [-0.39, 0.29) is 24.8 Å². The third-order valence-corrected chi connectivity index (χ3v) is 2.60. The van der Waals surface area contributed by atoms with Crippen molar-refractivity contribution in [3.8, 4) is 0 Å². The van der Waals surface area contributed by atoms with Gasteiger partial charge in [0.1, 0.15) is 0 Å². The first-order chi connectivity index (χ1) is 9.19. The Morgan fingerprint density at radius 1 is 1.32 bits per heavy atom. The largest absolute Gasteiger partial charge is 0.466 e. The molecular formula is C14H20N2O3. The van der Waals surface area contributed by atoms with Gasteiger partial charge in [0, 0.05) is 12.1 Å². The van der Waals surface area contributed by atoms with Gasteiger partial charge in [0.05, 0.1) is 13.0 Å². The summed E-state index contributed by atoms with van der Waals surface area (Å²) in [6, 6.07) is 7.32. The van der Waals surface area contributed by atoms with E-state index >= 15 is 0 Å². The van der Waals surface area contributed by atoms with Crippen LogP contribution in [0.5, 0.6) is 0 Å². The van der Waals surface area contributed by atoms with Crippen LogP contribution in [-0.2, 0) is 16.0 Å². The molecular weight excluding hydrogens is 244 g/mol. The van der Waals surface area contributed by atoms with Crippen LogP contribution < -0.4 is 11.1 Å².